The molecule has 0 aromatic heterocycles. The average molecular weight is 362 g/mol. The predicted octanol–water partition coefficient (Wildman–Crippen LogP) is 1.19. The molecule has 2 aromatic rings. The van der Waals surface area contributed by atoms with Crippen molar-refractivity contribution in [3.05, 3.63) is 42.5 Å². The first-order chi connectivity index (χ1) is 11.9. The smallest absolute Gasteiger partial charge is 0.326 e. The first-order valence-corrected chi connectivity index (χ1v) is 9.38. The maximum Gasteiger partial charge on any atom is 0.326 e. The van der Waals surface area contributed by atoms with E-state index in [4.69, 9.17) is 5.11 Å². The first-order valence-electron chi connectivity index (χ1n) is 7.90. The molecule has 0 unspecified atom stereocenters. The van der Waals surface area contributed by atoms with E-state index in [9.17, 15) is 18.0 Å². The third-order valence-corrected chi connectivity index (χ3v) is 5.77. The molecule has 0 saturated carbocycles. The Hall–Kier alpha value is -2.45. The Kier molecular flexibility index (Phi) is 4.73. The third-order valence-electron chi connectivity index (χ3n) is 4.31. The van der Waals surface area contributed by atoms with Gasteiger partial charge < -0.3 is 10.0 Å². The van der Waals surface area contributed by atoms with Crippen molar-refractivity contribution < 1.29 is 23.1 Å². The molecule has 1 aliphatic heterocycles. The van der Waals surface area contributed by atoms with Gasteiger partial charge in [0.15, 0.2) is 0 Å². The number of carbonyl (C=O) groups excluding carboxylic acids is 1. The highest BCUT2D eigenvalue weighted by Gasteiger charge is 2.34. The number of hydrogen-bond donors (Lipinski definition) is 2. The summed E-state index contributed by atoms with van der Waals surface area (Å²) in [5.41, 5.74) is 0. The Bertz CT molecular complexity index is 920. The number of carbonyl (C=O) groups is 2. The van der Waals surface area contributed by atoms with Gasteiger partial charge in [-0.25, -0.2) is 17.9 Å². The van der Waals surface area contributed by atoms with Crippen LogP contribution in [0.2, 0.25) is 0 Å². The number of hydrogen-bond acceptors (Lipinski definition) is 4. The van der Waals surface area contributed by atoms with Crippen molar-refractivity contribution in [3.63, 3.8) is 0 Å². The lowest BCUT2D eigenvalue weighted by Crippen LogP contribution is -2.45. The zero-order valence-electron chi connectivity index (χ0n) is 13.4. The fourth-order valence-electron chi connectivity index (χ4n) is 3.09. The Labute approximate surface area is 145 Å². The maximum atomic E-state index is 12.6. The van der Waals surface area contributed by atoms with Gasteiger partial charge in [-0.15, -0.1) is 0 Å². The minimum atomic E-state index is -3.89. The molecule has 132 valence electrons. The van der Waals surface area contributed by atoms with Gasteiger partial charge >= 0.3 is 5.97 Å². The molecule has 0 radical (unpaired) electrons. The fraction of sp³-hybridized carbons (Fsp3) is 0.294. The van der Waals surface area contributed by atoms with Crippen molar-refractivity contribution in [2.24, 2.45) is 0 Å². The summed E-state index contributed by atoms with van der Waals surface area (Å²) >= 11 is 0. The average Bonchev–Trinajstić information content (AvgIpc) is 3.09. The monoisotopic (exact) mass is 362 g/mol. The van der Waals surface area contributed by atoms with Crippen LogP contribution in [0, 0.1) is 0 Å². The molecular weight excluding hydrogens is 344 g/mol. The van der Waals surface area contributed by atoms with E-state index >= 15 is 0 Å². The van der Waals surface area contributed by atoms with Crippen LogP contribution in [0.4, 0.5) is 0 Å². The van der Waals surface area contributed by atoms with E-state index in [1.807, 2.05) is 6.07 Å². The Balaban J connectivity index is 1.78. The van der Waals surface area contributed by atoms with Crippen LogP contribution in [0.15, 0.2) is 47.4 Å². The van der Waals surface area contributed by atoms with E-state index in [1.54, 1.807) is 30.3 Å². The highest BCUT2D eigenvalue weighted by molar-refractivity contribution is 7.89. The molecule has 7 nitrogen and oxygen atoms in total. The summed E-state index contributed by atoms with van der Waals surface area (Å²) in [4.78, 5) is 24.7. The van der Waals surface area contributed by atoms with E-state index in [-0.39, 0.29) is 4.90 Å². The highest BCUT2D eigenvalue weighted by atomic mass is 32.2. The molecule has 0 aliphatic carbocycles. The number of aliphatic carboxylic acids is 1. The predicted molar refractivity (Wildman–Crippen MR) is 91.5 cm³/mol. The molecule has 8 heteroatoms. The normalized spacial score (nSPS) is 17.8. The standard InChI is InChI=1S/C17H18N2O5S/c20-16(19-10-4-8-14(19)17(21)22)11-18-25(23,24)15-9-3-6-12-5-1-2-7-13(12)15/h1-3,5-7,9,14,18H,4,8,10-11H2,(H,21,22)/t14-/m0/s1. The van der Waals surface area contributed by atoms with E-state index in [2.05, 4.69) is 4.72 Å². The SMILES string of the molecule is O=C(O)[C@@H]1CCCN1C(=O)CNS(=O)(=O)c1cccc2ccccc12. The number of rotatable bonds is 5. The van der Waals surface area contributed by atoms with E-state index < -0.39 is 34.5 Å². The summed E-state index contributed by atoms with van der Waals surface area (Å²) < 4.78 is 27.5. The van der Waals surface area contributed by atoms with Gasteiger partial charge in [-0.2, -0.15) is 0 Å². The second-order valence-corrected chi connectivity index (χ2v) is 7.62. The molecular formula is C17H18N2O5S. The molecule has 1 aliphatic rings. The molecule has 0 spiro atoms. The van der Waals surface area contributed by atoms with E-state index in [0.717, 1.165) is 5.39 Å². The van der Waals surface area contributed by atoms with Crippen LogP contribution in [-0.2, 0) is 19.6 Å². The molecule has 3 rings (SSSR count). The number of fused-ring (bicyclic) bond motifs is 1. The van der Waals surface area contributed by atoms with Crippen molar-refractivity contribution in [1.29, 1.82) is 0 Å². The van der Waals surface area contributed by atoms with Crippen molar-refractivity contribution in [2.75, 3.05) is 13.1 Å². The van der Waals surface area contributed by atoms with Gasteiger partial charge in [-0.05, 0) is 24.3 Å². The summed E-state index contributed by atoms with van der Waals surface area (Å²) in [6.45, 7) is -0.138. The molecule has 2 N–H and O–H groups in total. The van der Waals surface area contributed by atoms with Crippen molar-refractivity contribution in [1.82, 2.24) is 9.62 Å². The lowest BCUT2D eigenvalue weighted by Gasteiger charge is -2.21. The molecule has 25 heavy (non-hydrogen) atoms. The molecule has 0 bridgehead atoms. The quantitative estimate of drug-likeness (QED) is 0.832. The molecule has 1 saturated heterocycles. The van der Waals surface area contributed by atoms with Crippen LogP contribution in [0.5, 0.6) is 0 Å². The summed E-state index contributed by atoms with van der Waals surface area (Å²) in [6.07, 6.45) is 0.982. The molecule has 1 atom stereocenters. The van der Waals surface area contributed by atoms with Gasteiger partial charge in [0.05, 0.1) is 11.4 Å². The highest BCUT2D eigenvalue weighted by Crippen LogP contribution is 2.23. The number of benzene rings is 2. The van der Waals surface area contributed by atoms with Gasteiger partial charge in [0.2, 0.25) is 15.9 Å². The lowest BCUT2D eigenvalue weighted by atomic mass is 10.1. The van der Waals surface area contributed by atoms with Crippen molar-refractivity contribution in [3.8, 4) is 0 Å². The summed E-state index contributed by atoms with van der Waals surface area (Å²) in [5, 5.41) is 10.5. The van der Waals surface area contributed by atoms with Gasteiger partial charge in [-0.1, -0.05) is 36.4 Å². The summed E-state index contributed by atoms with van der Waals surface area (Å²) in [6, 6.07) is 11.1. The molecule has 2 aromatic carbocycles. The Morgan fingerprint density at radius 1 is 1.16 bits per heavy atom. The van der Waals surface area contributed by atoms with Crippen molar-refractivity contribution in [2.45, 2.75) is 23.8 Å². The largest absolute Gasteiger partial charge is 0.480 e. The topological polar surface area (TPSA) is 104 Å². The number of nitrogens with one attached hydrogen (secondary N) is 1. The van der Waals surface area contributed by atoms with E-state index in [0.29, 0.717) is 24.8 Å². The Morgan fingerprint density at radius 3 is 2.64 bits per heavy atom. The number of amides is 1. The summed E-state index contributed by atoms with van der Waals surface area (Å²) in [5.74, 6) is -1.60. The van der Waals surface area contributed by atoms with Gasteiger partial charge in [0, 0.05) is 11.9 Å². The van der Waals surface area contributed by atoms with Crippen LogP contribution < -0.4 is 4.72 Å². The summed E-state index contributed by atoms with van der Waals surface area (Å²) in [7, 11) is -3.89. The van der Waals surface area contributed by atoms with Crippen LogP contribution in [0.25, 0.3) is 10.8 Å². The fourth-order valence-corrected chi connectivity index (χ4v) is 4.29. The molecule has 1 heterocycles. The number of nitrogens with zero attached hydrogens (tertiary/aromatic N) is 1. The second kappa shape index (κ2) is 6.81. The third kappa shape index (κ3) is 3.49. The van der Waals surface area contributed by atoms with Crippen LogP contribution in [-0.4, -0.2) is 49.4 Å². The molecule has 1 amide bonds. The van der Waals surface area contributed by atoms with Gasteiger partial charge in [0.1, 0.15) is 6.04 Å². The van der Waals surface area contributed by atoms with Crippen LogP contribution in [0.3, 0.4) is 0 Å². The molecule has 1 fully saturated rings. The first kappa shape index (κ1) is 17.4. The number of likely N-dealkylation sites (tertiary alicyclic amines) is 1. The lowest BCUT2D eigenvalue weighted by molar-refractivity contribution is -0.147. The zero-order chi connectivity index (χ0) is 18.0. The zero-order valence-corrected chi connectivity index (χ0v) is 14.2. The number of carboxylic acid groups (broad SMARTS) is 1. The van der Waals surface area contributed by atoms with Crippen LogP contribution >= 0.6 is 0 Å². The second-order valence-electron chi connectivity index (χ2n) is 5.89. The van der Waals surface area contributed by atoms with Gasteiger partial charge in [-0.3, -0.25) is 4.79 Å². The minimum Gasteiger partial charge on any atom is -0.480 e. The Morgan fingerprint density at radius 2 is 1.88 bits per heavy atom. The van der Waals surface area contributed by atoms with Crippen molar-refractivity contribution >= 4 is 32.7 Å². The maximum absolute atomic E-state index is 12.6. The van der Waals surface area contributed by atoms with Crippen LogP contribution in [0.1, 0.15) is 12.8 Å². The minimum absolute atomic E-state index is 0.0922. The number of sulfonamides is 1. The van der Waals surface area contributed by atoms with E-state index in [1.165, 1.54) is 11.0 Å². The van der Waals surface area contributed by atoms with Gasteiger partial charge in [0.25, 0.3) is 0 Å². The number of carboxylic acids is 1.